The van der Waals surface area contributed by atoms with Gasteiger partial charge in [0.15, 0.2) is 0 Å². The lowest BCUT2D eigenvalue weighted by Gasteiger charge is -2.19. The first-order chi connectivity index (χ1) is 10.7. The highest BCUT2D eigenvalue weighted by Crippen LogP contribution is 2.41. The van der Waals surface area contributed by atoms with Gasteiger partial charge >= 0.3 is 0 Å². The van der Waals surface area contributed by atoms with Gasteiger partial charge in [0.05, 0.1) is 17.7 Å². The average molecular weight is 290 g/mol. The molecule has 1 fully saturated rings. The third-order valence-electron chi connectivity index (χ3n) is 4.09. The molecule has 1 amide bonds. The molecule has 1 aliphatic carbocycles. The van der Waals surface area contributed by atoms with E-state index in [2.05, 4.69) is 42.6 Å². The molecule has 0 aromatic heterocycles. The zero-order chi connectivity index (χ0) is 15.5. The number of nitrogens with zero attached hydrogens (tertiary/aromatic N) is 1. The van der Waals surface area contributed by atoms with Crippen LogP contribution >= 0.6 is 0 Å². The van der Waals surface area contributed by atoms with E-state index in [9.17, 15) is 4.79 Å². The minimum atomic E-state index is -0.0815. The number of benzene rings is 2. The van der Waals surface area contributed by atoms with E-state index >= 15 is 0 Å². The van der Waals surface area contributed by atoms with Crippen LogP contribution in [0.3, 0.4) is 0 Å². The van der Waals surface area contributed by atoms with Gasteiger partial charge in [-0.3, -0.25) is 4.79 Å². The maximum absolute atomic E-state index is 12.4. The Bertz CT molecular complexity index is 707. The zero-order valence-electron chi connectivity index (χ0n) is 12.5. The number of nitrogens with one attached hydrogen (secondary N) is 1. The van der Waals surface area contributed by atoms with E-state index in [1.807, 2.05) is 0 Å². The second-order valence-electron chi connectivity index (χ2n) is 5.89. The number of aryl methyl sites for hydroxylation is 1. The van der Waals surface area contributed by atoms with Crippen molar-refractivity contribution in [3.63, 3.8) is 0 Å². The Morgan fingerprint density at radius 2 is 1.77 bits per heavy atom. The summed E-state index contributed by atoms with van der Waals surface area (Å²) in [5, 5.41) is 12.0. The summed E-state index contributed by atoms with van der Waals surface area (Å²) < 4.78 is 0. The fraction of sp³-hybridized carbons (Fsp3) is 0.263. The molecule has 3 nitrogen and oxygen atoms in total. The second kappa shape index (κ2) is 6.03. The zero-order valence-corrected chi connectivity index (χ0v) is 12.5. The van der Waals surface area contributed by atoms with Gasteiger partial charge in [-0.2, -0.15) is 5.26 Å². The Labute approximate surface area is 130 Å². The second-order valence-corrected chi connectivity index (χ2v) is 5.89. The van der Waals surface area contributed by atoms with Gasteiger partial charge in [-0.15, -0.1) is 0 Å². The highest BCUT2D eigenvalue weighted by atomic mass is 16.1. The smallest absolute Gasteiger partial charge is 0.251 e. The summed E-state index contributed by atoms with van der Waals surface area (Å²) in [5.41, 5.74) is 3.54. The van der Waals surface area contributed by atoms with Crippen LogP contribution in [0.5, 0.6) is 0 Å². The van der Waals surface area contributed by atoms with Gasteiger partial charge in [-0.1, -0.05) is 29.8 Å². The fourth-order valence-electron chi connectivity index (χ4n) is 2.60. The normalized spacial score (nSPS) is 14.9. The first-order valence-electron chi connectivity index (χ1n) is 7.55. The van der Waals surface area contributed by atoms with E-state index in [1.165, 1.54) is 5.56 Å². The summed E-state index contributed by atoms with van der Waals surface area (Å²) in [5.74, 6) is 0.451. The highest BCUT2D eigenvalue weighted by Gasteiger charge is 2.33. The molecule has 0 bridgehead atoms. The maximum atomic E-state index is 12.4. The van der Waals surface area contributed by atoms with E-state index in [1.54, 1.807) is 24.3 Å². The summed E-state index contributed by atoms with van der Waals surface area (Å²) in [6, 6.07) is 17.2. The van der Waals surface area contributed by atoms with Crippen LogP contribution in [0.4, 0.5) is 0 Å². The SMILES string of the molecule is Cc1ccc([C@@H](NC(=O)c2ccc(C#N)cc2)C2CC2)cc1. The van der Waals surface area contributed by atoms with Crippen molar-refractivity contribution < 1.29 is 4.79 Å². The molecule has 0 unspecified atom stereocenters. The van der Waals surface area contributed by atoms with Crippen molar-refractivity contribution in [3.8, 4) is 6.07 Å². The van der Waals surface area contributed by atoms with Crippen molar-refractivity contribution in [2.24, 2.45) is 5.92 Å². The number of hydrogen-bond donors (Lipinski definition) is 1. The molecule has 0 spiro atoms. The summed E-state index contributed by atoms with van der Waals surface area (Å²) >= 11 is 0. The van der Waals surface area contributed by atoms with Crippen LogP contribution in [0.2, 0.25) is 0 Å². The predicted octanol–water partition coefficient (Wildman–Crippen LogP) is 3.75. The minimum absolute atomic E-state index is 0.0729. The van der Waals surface area contributed by atoms with Crippen molar-refractivity contribution in [2.75, 3.05) is 0 Å². The summed E-state index contributed by atoms with van der Waals surface area (Å²) in [4.78, 5) is 12.4. The molecule has 1 aliphatic rings. The number of carbonyl (C=O) groups excluding carboxylic acids is 1. The molecule has 110 valence electrons. The van der Waals surface area contributed by atoms with Gasteiger partial charge in [-0.25, -0.2) is 0 Å². The lowest BCUT2D eigenvalue weighted by atomic mass is 10.0. The number of nitriles is 1. The van der Waals surface area contributed by atoms with Crippen LogP contribution in [-0.2, 0) is 0 Å². The summed E-state index contributed by atoms with van der Waals surface area (Å²) in [7, 11) is 0. The molecular formula is C19H18N2O. The topological polar surface area (TPSA) is 52.9 Å². The van der Waals surface area contributed by atoms with Crippen LogP contribution in [0, 0.1) is 24.2 Å². The molecule has 0 heterocycles. The Kier molecular flexibility index (Phi) is 3.93. The van der Waals surface area contributed by atoms with Crippen LogP contribution in [0.15, 0.2) is 48.5 Å². The Morgan fingerprint density at radius 1 is 1.14 bits per heavy atom. The van der Waals surface area contributed by atoms with Gasteiger partial charge in [0.1, 0.15) is 0 Å². The van der Waals surface area contributed by atoms with Crippen molar-refractivity contribution in [3.05, 3.63) is 70.8 Å². The first kappa shape index (κ1) is 14.3. The molecule has 0 aliphatic heterocycles. The molecule has 22 heavy (non-hydrogen) atoms. The number of amides is 1. The Balaban J connectivity index is 1.77. The van der Waals surface area contributed by atoms with Crippen molar-refractivity contribution >= 4 is 5.91 Å². The number of hydrogen-bond acceptors (Lipinski definition) is 2. The minimum Gasteiger partial charge on any atom is -0.345 e. The van der Waals surface area contributed by atoms with E-state index < -0.39 is 0 Å². The third kappa shape index (κ3) is 3.17. The van der Waals surface area contributed by atoms with Gasteiger partial charge in [0.25, 0.3) is 5.91 Å². The van der Waals surface area contributed by atoms with E-state index in [-0.39, 0.29) is 11.9 Å². The van der Waals surface area contributed by atoms with Gasteiger partial charge < -0.3 is 5.32 Å². The molecule has 3 heteroatoms. The first-order valence-corrected chi connectivity index (χ1v) is 7.55. The van der Waals surface area contributed by atoms with E-state index in [4.69, 9.17) is 5.26 Å². The molecule has 1 atom stereocenters. The van der Waals surface area contributed by atoms with E-state index in [0.29, 0.717) is 17.0 Å². The van der Waals surface area contributed by atoms with Crippen molar-refractivity contribution in [1.29, 1.82) is 5.26 Å². The van der Waals surface area contributed by atoms with Gasteiger partial charge in [-0.05, 0) is 55.5 Å². The average Bonchev–Trinajstić information content (AvgIpc) is 3.38. The monoisotopic (exact) mass is 290 g/mol. The van der Waals surface area contributed by atoms with Gasteiger partial charge in [0, 0.05) is 5.56 Å². The highest BCUT2D eigenvalue weighted by molar-refractivity contribution is 5.94. The van der Waals surface area contributed by atoms with E-state index in [0.717, 1.165) is 18.4 Å². The lowest BCUT2D eigenvalue weighted by molar-refractivity contribution is 0.0931. The third-order valence-corrected chi connectivity index (χ3v) is 4.09. The molecule has 2 aromatic rings. The number of carbonyl (C=O) groups is 1. The van der Waals surface area contributed by atoms with Crippen LogP contribution in [0.1, 0.15) is 45.9 Å². The van der Waals surface area contributed by atoms with Crippen molar-refractivity contribution in [2.45, 2.75) is 25.8 Å². The largest absolute Gasteiger partial charge is 0.345 e. The Hall–Kier alpha value is -2.60. The quantitative estimate of drug-likeness (QED) is 0.932. The lowest BCUT2D eigenvalue weighted by Crippen LogP contribution is -2.29. The summed E-state index contributed by atoms with van der Waals surface area (Å²) in [6.07, 6.45) is 2.32. The molecule has 0 radical (unpaired) electrons. The van der Waals surface area contributed by atoms with Crippen LogP contribution in [0.25, 0.3) is 0 Å². The fourth-order valence-corrected chi connectivity index (χ4v) is 2.60. The molecule has 1 saturated carbocycles. The molecule has 2 aromatic carbocycles. The molecule has 0 saturated heterocycles. The Morgan fingerprint density at radius 3 is 2.32 bits per heavy atom. The molecular weight excluding hydrogens is 272 g/mol. The predicted molar refractivity (Wildman–Crippen MR) is 85.3 cm³/mol. The summed E-state index contributed by atoms with van der Waals surface area (Å²) in [6.45, 7) is 2.06. The molecule has 3 rings (SSSR count). The van der Waals surface area contributed by atoms with Crippen LogP contribution < -0.4 is 5.32 Å². The maximum Gasteiger partial charge on any atom is 0.251 e. The van der Waals surface area contributed by atoms with Gasteiger partial charge in [0.2, 0.25) is 0 Å². The number of rotatable bonds is 4. The van der Waals surface area contributed by atoms with Crippen molar-refractivity contribution in [1.82, 2.24) is 5.32 Å². The standard InChI is InChI=1S/C19H18N2O/c1-13-2-6-15(7-3-13)18(16-10-11-16)21-19(22)17-8-4-14(12-20)5-9-17/h2-9,16,18H,10-11H2,1H3,(H,21,22)/t18-/m1/s1. The van der Waals surface area contributed by atoms with Crippen LogP contribution in [-0.4, -0.2) is 5.91 Å². The molecule has 1 N–H and O–H groups in total.